The Labute approximate surface area is 184 Å². The minimum atomic E-state index is -1.97. The highest BCUT2D eigenvalue weighted by Crippen LogP contribution is 2.69. The first kappa shape index (κ1) is 19.9. The largest absolute Gasteiger partial charge is 0.443 e. The zero-order valence-electron chi connectivity index (χ0n) is 14.9. The van der Waals surface area contributed by atoms with Crippen LogP contribution in [0.5, 0.6) is 0 Å². The lowest BCUT2D eigenvalue weighted by Crippen LogP contribution is -2.57. The zero-order valence-corrected chi connectivity index (χ0v) is 18.1. The molecule has 4 rings (SSSR count). The summed E-state index contributed by atoms with van der Waals surface area (Å²) in [4.78, 5) is 0.580. The van der Waals surface area contributed by atoms with Gasteiger partial charge in [0.25, 0.3) is 0 Å². The van der Waals surface area contributed by atoms with E-state index in [-0.39, 0.29) is 0 Å². The van der Waals surface area contributed by atoms with Crippen LogP contribution in [0.2, 0.25) is 5.02 Å². The van der Waals surface area contributed by atoms with Crippen molar-refractivity contribution in [1.82, 2.24) is 0 Å². The number of nitrogens with zero attached hydrogens (tertiary/aromatic N) is 3. The molecule has 3 heterocycles. The summed E-state index contributed by atoms with van der Waals surface area (Å²) in [6.07, 6.45) is -1.11. The van der Waals surface area contributed by atoms with E-state index in [2.05, 4.69) is 22.0 Å². The maximum atomic E-state index is 10.2. The lowest BCUT2D eigenvalue weighted by Gasteiger charge is -2.48. The zero-order chi connectivity index (χ0) is 21.0. The summed E-state index contributed by atoms with van der Waals surface area (Å²) in [6.45, 7) is 1.66. The highest BCUT2D eigenvalue weighted by atomic mass is 79.9. The smallest absolute Gasteiger partial charge is 0.244 e. The molecule has 4 unspecified atom stereocenters. The predicted octanol–water partition coefficient (Wildman–Crippen LogP) is 5.28. The molecule has 29 heavy (non-hydrogen) atoms. The topological polar surface area (TPSA) is 114 Å². The van der Waals surface area contributed by atoms with Crippen molar-refractivity contribution in [3.63, 3.8) is 0 Å². The lowest BCUT2D eigenvalue weighted by atomic mass is 9.54. The number of fused-ring (bicyclic) bond motifs is 2. The Morgan fingerprint density at radius 1 is 1.21 bits per heavy atom. The maximum absolute atomic E-state index is 10.2. The number of rotatable bonds is 2. The molecule has 1 N–H and O–H groups in total. The molecule has 0 aliphatic carbocycles. The molecule has 0 spiro atoms. The van der Waals surface area contributed by atoms with Crippen LogP contribution in [0.15, 0.2) is 40.2 Å². The molecular formula is C20H12BrClN4O2S. The van der Waals surface area contributed by atoms with Crippen molar-refractivity contribution >= 4 is 44.8 Å². The third-order valence-corrected chi connectivity index (χ3v) is 7.71. The van der Waals surface area contributed by atoms with Crippen LogP contribution in [0.3, 0.4) is 0 Å². The van der Waals surface area contributed by atoms with Crippen molar-refractivity contribution in [1.29, 1.82) is 21.2 Å². The van der Waals surface area contributed by atoms with Gasteiger partial charge in [0.15, 0.2) is 5.41 Å². The van der Waals surface area contributed by atoms with Crippen LogP contribution in [0.4, 0.5) is 0 Å². The summed E-state index contributed by atoms with van der Waals surface area (Å²) in [6, 6.07) is 14.7. The third kappa shape index (κ3) is 2.31. The van der Waals surface area contributed by atoms with E-state index in [9.17, 15) is 15.8 Å². The number of thiophene rings is 1. The van der Waals surface area contributed by atoms with Crippen LogP contribution in [0.1, 0.15) is 23.5 Å². The van der Waals surface area contributed by atoms with Crippen molar-refractivity contribution < 1.29 is 9.47 Å². The molecule has 144 valence electrons. The molecule has 6 nitrogen and oxygen atoms in total. The SMILES string of the molecule is CC1C2(c3cccc(Cl)c3)OC(=N)C1(C#N)C(C#N)(C#N)C(c1cc(Br)cs1)O2. The normalized spacial score (nSPS) is 31.9. The van der Waals surface area contributed by atoms with Crippen molar-refractivity contribution in [2.75, 3.05) is 0 Å². The molecule has 9 heteroatoms. The van der Waals surface area contributed by atoms with Crippen molar-refractivity contribution in [2.45, 2.75) is 18.8 Å². The van der Waals surface area contributed by atoms with Gasteiger partial charge in [-0.25, -0.2) is 0 Å². The molecule has 0 saturated carbocycles. The Kier molecular flexibility index (Phi) is 4.49. The molecule has 0 radical (unpaired) electrons. The molecular weight excluding hydrogens is 476 g/mol. The van der Waals surface area contributed by atoms with Crippen molar-refractivity contribution in [3.05, 3.63) is 55.6 Å². The van der Waals surface area contributed by atoms with E-state index in [0.717, 1.165) is 4.47 Å². The van der Waals surface area contributed by atoms with E-state index in [0.29, 0.717) is 15.5 Å². The van der Waals surface area contributed by atoms with Crippen LogP contribution in [-0.2, 0) is 15.3 Å². The minimum Gasteiger partial charge on any atom is -0.443 e. The van der Waals surface area contributed by atoms with Gasteiger partial charge in [-0.1, -0.05) is 30.7 Å². The number of nitrogens with one attached hydrogen (secondary N) is 1. The van der Waals surface area contributed by atoms with Gasteiger partial charge in [0.1, 0.15) is 6.10 Å². The van der Waals surface area contributed by atoms with E-state index >= 15 is 0 Å². The number of benzene rings is 1. The Balaban J connectivity index is 2.05. The Morgan fingerprint density at radius 3 is 2.48 bits per heavy atom. The third-order valence-electron chi connectivity index (χ3n) is 5.74. The summed E-state index contributed by atoms with van der Waals surface area (Å²) in [7, 11) is 0. The standard InChI is InChI=1S/C20H12BrClN4O2S/c1-11-19(10-25)17(26)28-20(11,12-3-2-4-14(22)5-12)27-16(18(19,8-23)9-24)15-6-13(21)7-29-15/h2-7,11,16,26H,1H3. The fraction of sp³-hybridized carbons (Fsp3) is 0.300. The first-order valence-electron chi connectivity index (χ1n) is 8.51. The van der Waals surface area contributed by atoms with E-state index in [1.807, 2.05) is 12.1 Å². The highest BCUT2D eigenvalue weighted by molar-refractivity contribution is 9.10. The van der Waals surface area contributed by atoms with Crippen LogP contribution in [0, 0.1) is 56.2 Å². The molecule has 2 aromatic rings. The number of hydrogen-bond acceptors (Lipinski definition) is 7. The first-order chi connectivity index (χ1) is 13.8. The second-order valence-electron chi connectivity index (χ2n) is 6.95. The minimum absolute atomic E-state index is 0.435. The van der Waals surface area contributed by atoms with Gasteiger partial charge in [0.2, 0.25) is 17.1 Å². The summed E-state index contributed by atoms with van der Waals surface area (Å²) < 4.78 is 13.1. The van der Waals surface area contributed by atoms with E-state index in [1.54, 1.807) is 42.6 Å². The van der Waals surface area contributed by atoms with E-state index in [4.69, 9.17) is 26.5 Å². The van der Waals surface area contributed by atoms with Gasteiger partial charge in [-0.15, -0.1) is 11.3 Å². The number of halogens is 2. The van der Waals surface area contributed by atoms with Gasteiger partial charge in [0.05, 0.1) is 24.1 Å². The maximum Gasteiger partial charge on any atom is 0.244 e. The number of hydrogen-bond donors (Lipinski definition) is 1. The van der Waals surface area contributed by atoms with Crippen LogP contribution < -0.4 is 0 Å². The Morgan fingerprint density at radius 2 is 1.93 bits per heavy atom. The van der Waals surface area contributed by atoms with Crippen molar-refractivity contribution in [2.24, 2.45) is 16.7 Å². The van der Waals surface area contributed by atoms with Crippen LogP contribution in [0.25, 0.3) is 0 Å². The van der Waals surface area contributed by atoms with Gasteiger partial charge < -0.3 is 9.47 Å². The Bertz CT molecular complexity index is 1150. The average molecular weight is 488 g/mol. The first-order valence-corrected chi connectivity index (χ1v) is 10.6. The molecule has 2 fully saturated rings. The molecule has 2 saturated heterocycles. The highest BCUT2D eigenvalue weighted by Gasteiger charge is 2.79. The second kappa shape index (κ2) is 6.55. The number of nitriles is 3. The van der Waals surface area contributed by atoms with E-state index < -0.39 is 34.5 Å². The molecule has 0 amide bonds. The van der Waals surface area contributed by atoms with Gasteiger partial charge in [0, 0.05) is 25.3 Å². The summed E-state index contributed by atoms with van der Waals surface area (Å²) in [5.74, 6) is -2.80. The summed E-state index contributed by atoms with van der Waals surface area (Å²) in [5, 5.41) is 41.3. The van der Waals surface area contributed by atoms with Crippen molar-refractivity contribution in [3.8, 4) is 18.2 Å². The molecule has 2 bridgehead atoms. The Hall–Kier alpha value is -2.41. The quantitative estimate of drug-likeness (QED) is 0.619. The fourth-order valence-electron chi connectivity index (χ4n) is 4.29. The molecule has 2 aliphatic heterocycles. The average Bonchev–Trinajstić information content (AvgIpc) is 3.20. The fourth-order valence-corrected chi connectivity index (χ4v) is 6.02. The predicted molar refractivity (Wildman–Crippen MR) is 109 cm³/mol. The molecule has 1 aromatic carbocycles. The molecule has 4 atom stereocenters. The molecule has 1 aromatic heterocycles. The van der Waals surface area contributed by atoms with E-state index in [1.165, 1.54) is 11.3 Å². The summed E-state index contributed by atoms with van der Waals surface area (Å²) >= 11 is 10.9. The van der Waals surface area contributed by atoms with Crippen LogP contribution >= 0.6 is 38.9 Å². The number of ether oxygens (including phenoxy) is 2. The van der Waals surface area contributed by atoms with Gasteiger partial charge >= 0.3 is 0 Å². The second-order valence-corrected chi connectivity index (χ2v) is 9.24. The monoisotopic (exact) mass is 486 g/mol. The van der Waals surface area contributed by atoms with Gasteiger partial charge in [-0.05, 0) is 34.1 Å². The summed E-state index contributed by atoms with van der Waals surface area (Å²) in [5.41, 5.74) is -3.27. The van der Waals surface area contributed by atoms with Gasteiger partial charge in [-0.3, -0.25) is 5.41 Å². The van der Waals surface area contributed by atoms with Gasteiger partial charge in [-0.2, -0.15) is 15.8 Å². The van der Waals surface area contributed by atoms with Crippen LogP contribution in [-0.4, -0.2) is 5.90 Å². The molecule has 2 aliphatic rings. The lowest BCUT2D eigenvalue weighted by molar-refractivity contribution is -0.287.